The Labute approximate surface area is 125 Å². The Kier molecular flexibility index (Phi) is 6.10. The average molecular weight is 300 g/mol. The molecule has 1 fully saturated rings. The maximum Gasteiger partial charge on any atom is 0.138 e. The molecular weight excluding hydrogens is 278 g/mol. The van der Waals surface area contributed by atoms with E-state index in [1.54, 1.807) is 7.11 Å². The molecule has 0 amide bonds. The van der Waals surface area contributed by atoms with Gasteiger partial charge in [-0.1, -0.05) is 30.7 Å². The van der Waals surface area contributed by atoms with Gasteiger partial charge in [0.15, 0.2) is 0 Å². The summed E-state index contributed by atoms with van der Waals surface area (Å²) < 4.78 is 16.8. The SMILES string of the molecule is CCNC1CC(Oc2ccccc2Cl)C1OCCOC. The van der Waals surface area contributed by atoms with E-state index in [0.717, 1.165) is 18.7 Å². The Morgan fingerprint density at radius 2 is 2.10 bits per heavy atom. The topological polar surface area (TPSA) is 39.7 Å². The Bertz CT molecular complexity index is 416. The van der Waals surface area contributed by atoms with Crippen LogP contribution >= 0.6 is 11.6 Å². The van der Waals surface area contributed by atoms with Gasteiger partial charge in [0, 0.05) is 19.6 Å². The fourth-order valence-electron chi connectivity index (χ4n) is 2.35. The van der Waals surface area contributed by atoms with E-state index in [1.807, 2.05) is 24.3 Å². The molecule has 1 aliphatic carbocycles. The van der Waals surface area contributed by atoms with Gasteiger partial charge in [0.25, 0.3) is 0 Å². The fourth-order valence-corrected chi connectivity index (χ4v) is 2.53. The van der Waals surface area contributed by atoms with Crippen LogP contribution in [0.1, 0.15) is 13.3 Å². The predicted molar refractivity (Wildman–Crippen MR) is 79.6 cm³/mol. The van der Waals surface area contributed by atoms with Crippen LogP contribution in [-0.2, 0) is 9.47 Å². The molecule has 20 heavy (non-hydrogen) atoms. The highest BCUT2D eigenvalue weighted by atomic mass is 35.5. The fraction of sp³-hybridized carbons (Fsp3) is 0.600. The van der Waals surface area contributed by atoms with E-state index < -0.39 is 0 Å². The summed E-state index contributed by atoms with van der Waals surface area (Å²) in [5.41, 5.74) is 0. The molecule has 5 heteroatoms. The van der Waals surface area contributed by atoms with Crippen molar-refractivity contribution in [1.82, 2.24) is 5.32 Å². The monoisotopic (exact) mass is 299 g/mol. The molecule has 1 aliphatic rings. The lowest BCUT2D eigenvalue weighted by atomic mass is 9.85. The standard InChI is InChI=1S/C15H22ClNO3/c1-3-17-12-10-14(15(12)19-9-8-18-2)20-13-7-5-4-6-11(13)16/h4-7,12,14-15,17H,3,8-10H2,1-2H3. The molecule has 3 unspecified atom stereocenters. The second-order valence-electron chi connectivity index (χ2n) is 4.81. The van der Waals surface area contributed by atoms with Gasteiger partial charge in [0.05, 0.1) is 18.2 Å². The molecule has 1 aromatic carbocycles. The van der Waals surface area contributed by atoms with Gasteiger partial charge in [-0.15, -0.1) is 0 Å². The van der Waals surface area contributed by atoms with Crippen molar-refractivity contribution in [3.8, 4) is 5.75 Å². The van der Waals surface area contributed by atoms with Gasteiger partial charge in [-0.3, -0.25) is 0 Å². The minimum absolute atomic E-state index is 0.0378. The molecule has 4 nitrogen and oxygen atoms in total. The molecule has 0 aromatic heterocycles. The van der Waals surface area contributed by atoms with Gasteiger partial charge in [-0.25, -0.2) is 0 Å². The van der Waals surface area contributed by atoms with Crippen molar-refractivity contribution in [2.75, 3.05) is 26.9 Å². The van der Waals surface area contributed by atoms with Gasteiger partial charge in [-0.05, 0) is 18.7 Å². The van der Waals surface area contributed by atoms with Crippen molar-refractivity contribution in [2.45, 2.75) is 31.6 Å². The molecular formula is C15H22ClNO3. The van der Waals surface area contributed by atoms with Gasteiger partial charge in [-0.2, -0.15) is 0 Å². The molecule has 1 saturated carbocycles. The second-order valence-corrected chi connectivity index (χ2v) is 5.22. The molecule has 1 N–H and O–H groups in total. The molecule has 1 aromatic rings. The summed E-state index contributed by atoms with van der Waals surface area (Å²) in [5, 5.41) is 4.04. The first-order chi connectivity index (χ1) is 9.76. The quantitative estimate of drug-likeness (QED) is 0.749. The third kappa shape index (κ3) is 3.85. The van der Waals surface area contributed by atoms with E-state index >= 15 is 0 Å². The van der Waals surface area contributed by atoms with Crippen molar-refractivity contribution >= 4 is 11.6 Å². The predicted octanol–water partition coefficient (Wildman–Crippen LogP) is 2.50. The number of methoxy groups -OCH3 is 1. The minimum atomic E-state index is 0.0378. The molecule has 0 saturated heterocycles. The molecule has 3 atom stereocenters. The Morgan fingerprint density at radius 3 is 2.80 bits per heavy atom. The number of hydrogen-bond acceptors (Lipinski definition) is 4. The van der Waals surface area contributed by atoms with Crippen LogP contribution in [0.25, 0.3) is 0 Å². The third-order valence-corrected chi connectivity index (χ3v) is 3.74. The first-order valence-corrected chi connectivity index (χ1v) is 7.39. The molecule has 0 bridgehead atoms. The van der Waals surface area contributed by atoms with E-state index in [2.05, 4.69) is 12.2 Å². The summed E-state index contributed by atoms with van der Waals surface area (Å²) in [4.78, 5) is 0. The summed E-state index contributed by atoms with van der Waals surface area (Å²) in [6, 6.07) is 7.86. The second kappa shape index (κ2) is 7.84. The molecule has 0 spiro atoms. The lowest BCUT2D eigenvalue weighted by Gasteiger charge is -2.44. The van der Waals surface area contributed by atoms with Crippen molar-refractivity contribution in [2.24, 2.45) is 0 Å². The molecule has 0 aliphatic heterocycles. The van der Waals surface area contributed by atoms with Gasteiger partial charge >= 0.3 is 0 Å². The largest absolute Gasteiger partial charge is 0.486 e. The number of hydrogen-bond donors (Lipinski definition) is 1. The van der Waals surface area contributed by atoms with E-state index in [4.69, 9.17) is 25.8 Å². The highest BCUT2D eigenvalue weighted by Crippen LogP contribution is 2.32. The number of nitrogens with one attached hydrogen (secondary N) is 1. The summed E-state index contributed by atoms with van der Waals surface area (Å²) >= 11 is 6.12. The van der Waals surface area contributed by atoms with Gasteiger partial charge < -0.3 is 19.5 Å². The zero-order chi connectivity index (χ0) is 14.4. The van der Waals surface area contributed by atoms with Crippen molar-refractivity contribution in [3.63, 3.8) is 0 Å². The molecule has 2 rings (SSSR count). The summed E-state index contributed by atoms with van der Waals surface area (Å²) in [7, 11) is 1.67. The van der Waals surface area contributed by atoms with E-state index in [9.17, 15) is 0 Å². The maximum atomic E-state index is 6.12. The smallest absolute Gasteiger partial charge is 0.138 e. The molecule has 112 valence electrons. The molecule has 0 radical (unpaired) electrons. The Balaban J connectivity index is 1.91. The van der Waals surface area contributed by atoms with Crippen molar-refractivity contribution in [3.05, 3.63) is 29.3 Å². The first-order valence-electron chi connectivity index (χ1n) is 7.01. The average Bonchev–Trinajstić information content (AvgIpc) is 2.44. The van der Waals surface area contributed by atoms with Crippen molar-refractivity contribution < 1.29 is 14.2 Å². The highest BCUT2D eigenvalue weighted by Gasteiger charge is 2.43. The number of benzene rings is 1. The van der Waals surface area contributed by atoms with Crippen LogP contribution < -0.4 is 10.1 Å². The number of rotatable bonds is 8. The highest BCUT2D eigenvalue weighted by molar-refractivity contribution is 6.32. The first kappa shape index (κ1) is 15.6. The summed E-state index contributed by atoms with van der Waals surface area (Å²) in [6.45, 7) is 4.18. The zero-order valence-corrected chi connectivity index (χ0v) is 12.7. The zero-order valence-electron chi connectivity index (χ0n) is 12.0. The summed E-state index contributed by atoms with van der Waals surface area (Å²) in [6.07, 6.45) is 1.01. The van der Waals surface area contributed by atoms with Crippen LogP contribution in [0.15, 0.2) is 24.3 Å². The van der Waals surface area contributed by atoms with Gasteiger partial charge in [0.1, 0.15) is 18.0 Å². The lowest BCUT2D eigenvalue weighted by molar-refractivity contribution is -0.115. The summed E-state index contributed by atoms with van der Waals surface area (Å²) in [5.74, 6) is 0.717. The van der Waals surface area contributed by atoms with E-state index in [-0.39, 0.29) is 12.2 Å². The van der Waals surface area contributed by atoms with Crippen LogP contribution in [0.4, 0.5) is 0 Å². The maximum absolute atomic E-state index is 6.12. The third-order valence-electron chi connectivity index (χ3n) is 3.43. The number of para-hydroxylation sites is 1. The lowest BCUT2D eigenvalue weighted by Crippen LogP contribution is -2.61. The van der Waals surface area contributed by atoms with E-state index in [0.29, 0.717) is 24.3 Å². The Morgan fingerprint density at radius 1 is 1.30 bits per heavy atom. The van der Waals surface area contributed by atoms with Crippen LogP contribution in [0, 0.1) is 0 Å². The number of halogens is 1. The van der Waals surface area contributed by atoms with Crippen LogP contribution in [0.2, 0.25) is 5.02 Å². The van der Waals surface area contributed by atoms with Crippen molar-refractivity contribution in [1.29, 1.82) is 0 Å². The number of likely N-dealkylation sites (N-methyl/N-ethyl adjacent to an activating group) is 1. The van der Waals surface area contributed by atoms with Crippen LogP contribution in [0.3, 0.4) is 0 Å². The van der Waals surface area contributed by atoms with Crippen LogP contribution in [-0.4, -0.2) is 45.1 Å². The number of ether oxygens (including phenoxy) is 3. The Hall–Kier alpha value is -0.810. The van der Waals surface area contributed by atoms with E-state index in [1.165, 1.54) is 0 Å². The minimum Gasteiger partial charge on any atom is -0.486 e. The normalized spacial score (nSPS) is 25.2. The van der Waals surface area contributed by atoms with Crippen LogP contribution in [0.5, 0.6) is 5.75 Å². The molecule has 0 heterocycles. The van der Waals surface area contributed by atoms with Gasteiger partial charge in [0.2, 0.25) is 0 Å².